The predicted molar refractivity (Wildman–Crippen MR) is 98.6 cm³/mol. The van der Waals surface area contributed by atoms with E-state index >= 15 is 0 Å². The van der Waals surface area contributed by atoms with Gasteiger partial charge in [0.25, 0.3) is 13.3 Å². The first-order valence-corrected chi connectivity index (χ1v) is 8.84. The van der Waals surface area contributed by atoms with Crippen molar-refractivity contribution in [3.05, 3.63) is 40.6 Å². The second-order valence-electron chi connectivity index (χ2n) is 6.05. The molecule has 1 aromatic carbocycles. The Hall–Kier alpha value is -1.73. The first-order valence-electron chi connectivity index (χ1n) is 8.04. The number of benzene rings is 1. The summed E-state index contributed by atoms with van der Waals surface area (Å²) in [6, 6.07) is 6.15. The molecule has 0 atom stereocenters. The van der Waals surface area contributed by atoms with Gasteiger partial charge in [-0.05, 0) is 65.2 Å². The van der Waals surface area contributed by atoms with E-state index in [0.717, 1.165) is 47.1 Å². The highest BCUT2D eigenvalue weighted by atomic mass is 79.9. The third-order valence-corrected chi connectivity index (χ3v) is 5.07. The molecule has 1 fully saturated rings. The van der Waals surface area contributed by atoms with E-state index < -0.39 is 0 Å². The van der Waals surface area contributed by atoms with Crippen LogP contribution in [0.25, 0.3) is 10.8 Å². The van der Waals surface area contributed by atoms with Gasteiger partial charge in [0, 0.05) is 33.9 Å². The zero-order valence-electron chi connectivity index (χ0n) is 13.2. The Morgan fingerprint density at radius 1 is 1.21 bits per heavy atom. The third kappa shape index (κ3) is 4.02. The molecule has 1 aromatic heterocycles. The van der Waals surface area contributed by atoms with Crippen molar-refractivity contribution in [2.24, 2.45) is 0 Å². The smallest absolute Gasteiger partial charge is 0.290 e. The first-order chi connectivity index (χ1) is 11.7. The number of halogens is 1. The molecular weight excluding hydrogens is 369 g/mol. The van der Waals surface area contributed by atoms with Crippen LogP contribution in [-0.4, -0.2) is 36.6 Å². The van der Waals surface area contributed by atoms with Gasteiger partial charge in [-0.15, -0.1) is 0 Å². The van der Waals surface area contributed by atoms with E-state index in [4.69, 9.17) is 0 Å². The molecule has 2 aromatic rings. The Balaban J connectivity index is 1.61. The van der Waals surface area contributed by atoms with Crippen LogP contribution >= 0.6 is 15.9 Å². The molecule has 123 valence electrons. The van der Waals surface area contributed by atoms with Crippen LogP contribution in [-0.2, 0) is 4.79 Å². The molecule has 1 radical (unpaired) electrons. The van der Waals surface area contributed by atoms with Crippen molar-refractivity contribution >= 4 is 46.2 Å². The largest absolute Gasteiger partial charge is 0.351 e. The van der Waals surface area contributed by atoms with Crippen LogP contribution in [0.4, 0.5) is 0 Å². The maximum absolute atomic E-state index is 12.5. The van der Waals surface area contributed by atoms with E-state index in [9.17, 15) is 9.59 Å². The average Bonchev–Trinajstić information content (AvgIpc) is 2.61. The van der Waals surface area contributed by atoms with Gasteiger partial charge in [0.2, 0.25) is 0 Å². The summed E-state index contributed by atoms with van der Waals surface area (Å²) in [6.07, 6.45) is 8.01. The Labute approximate surface area is 150 Å². The van der Waals surface area contributed by atoms with Gasteiger partial charge in [-0.1, -0.05) is 6.07 Å². The Morgan fingerprint density at radius 3 is 2.71 bits per heavy atom. The highest BCUT2D eigenvalue weighted by Gasteiger charge is 2.22. The van der Waals surface area contributed by atoms with Gasteiger partial charge in [0.1, 0.15) is 0 Å². The van der Waals surface area contributed by atoms with E-state index in [2.05, 4.69) is 31.5 Å². The summed E-state index contributed by atoms with van der Waals surface area (Å²) in [6.45, 7) is 0. The van der Waals surface area contributed by atoms with Gasteiger partial charge in [-0.25, -0.2) is 0 Å². The summed E-state index contributed by atoms with van der Waals surface area (Å²) in [5.74, 6) is -0.0449. The second kappa shape index (κ2) is 7.90. The van der Waals surface area contributed by atoms with Crippen molar-refractivity contribution in [1.82, 2.24) is 15.5 Å². The number of carbonyl (C=O) groups excluding carboxylic acids is 2. The molecule has 0 spiro atoms. The van der Waals surface area contributed by atoms with Gasteiger partial charge in [0.05, 0.1) is 6.19 Å². The minimum Gasteiger partial charge on any atom is -0.351 e. The maximum Gasteiger partial charge on any atom is 0.290 e. The highest BCUT2D eigenvalue weighted by Crippen LogP contribution is 2.24. The average molecular weight is 387 g/mol. The lowest BCUT2D eigenvalue weighted by Crippen LogP contribution is -2.43. The number of hydrogen-bond acceptors (Lipinski definition) is 4. The molecule has 0 unspecified atom stereocenters. The van der Waals surface area contributed by atoms with E-state index in [-0.39, 0.29) is 11.9 Å². The molecular formula is C17H18BBrN3O2. The lowest BCUT2D eigenvalue weighted by atomic mass is 9.86. The Morgan fingerprint density at radius 2 is 1.96 bits per heavy atom. The number of fused-ring (bicyclic) bond motifs is 1. The van der Waals surface area contributed by atoms with Crippen LogP contribution in [0.3, 0.4) is 0 Å². The second-order valence-corrected chi connectivity index (χ2v) is 6.90. The van der Waals surface area contributed by atoms with Gasteiger partial charge in [0.15, 0.2) is 0 Å². The number of pyridine rings is 1. The summed E-state index contributed by atoms with van der Waals surface area (Å²) in [5, 5.41) is 8.19. The molecule has 24 heavy (non-hydrogen) atoms. The number of nitrogens with one attached hydrogen (secondary N) is 2. The molecule has 2 N–H and O–H groups in total. The third-order valence-electron chi connectivity index (χ3n) is 4.44. The molecule has 0 saturated heterocycles. The molecule has 1 saturated carbocycles. The summed E-state index contributed by atoms with van der Waals surface area (Å²) < 4.78 is 0.882. The zero-order valence-corrected chi connectivity index (χ0v) is 14.8. The summed E-state index contributed by atoms with van der Waals surface area (Å²) in [5.41, 5.74) is 0.656. The van der Waals surface area contributed by atoms with Crippen molar-refractivity contribution in [3.8, 4) is 0 Å². The summed E-state index contributed by atoms with van der Waals surface area (Å²) in [7, 11) is 1.45. The van der Waals surface area contributed by atoms with E-state index in [1.54, 1.807) is 12.4 Å². The van der Waals surface area contributed by atoms with Crippen LogP contribution in [0.2, 0.25) is 0 Å². The fourth-order valence-corrected chi connectivity index (χ4v) is 3.58. The number of nitrogens with zero attached hydrogens (tertiary/aromatic N) is 1. The van der Waals surface area contributed by atoms with E-state index in [1.807, 2.05) is 18.2 Å². The predicted octanol–water partition coefficient (Wildman–Crippen LogP) is 2.44. The topological polar surface area (TPSA) is 71.1 Å². The van der Waals surface area contributed by atoms with Crippen molar-refractivity contribution in [1.29, 1.82) is 0 Å². The maximum atomic E-state index is 12.5. The number of hydrogen-bond donors (Lipinski definition) is 2. The molecule has 0 bridgehead atoms. The summed E-state index contributed by atoms with van der Waals surface area (Å²) in [4.78, 5) is 27.0. The quantitative estimate of drug-likeness (QED) is 0.611. The van der Waals surface area contributed by atoms with Crippen molar-refractivity contribution in [2.75, 3.05) is 0 Å². The van der Waals surface area contributed by atoms with Crippen LogP contribution in [0, 0.1) is 0 Å². The lowest BCUT2D eigenvalue weighted by molar-refractivity contribution is 0.0925. The molecule has 1 aliphatic carbocycles. The fourth-order valence-electron chi connectivity index (χ4n) is 3.12. The van der Waals surface area contributed by atoms with E-state index in [1.165, 1.54) is 7.41 Å². The lowest BCUT2D eigenvalue weighted by Gasteiger charge is -2.29. The van der Waals surface area contributed by atoms with Crippen molar-refractivity contribution < 1.29 is 9.59 Å². The van der Waals surface area contributed by atoms with Gasteiger partial charge < -0.3 is 15.3 Å². The molecule has 3 rings (SSSR count). The van der Waals surface area contributed by atoms with E-state index in [0.29, 0.717) is 11.6 Å². The molecule has 1 heterocycles. The minimum absolute atomic E-state index is 0.0449. The van der Waals surface area contributed by atoms with Gasteiger partial charge in [-0.2, -0.15) is 0 Å². The SMILES string of the molecule is O=C[B]NC1CCC(NC(=O)c2ccc3cncc(Br)c3c2)CC1. The number of carbonyl (C=O) groups is 2. The van der Waals surface area contributed by atoms with Gasteiger partial charge in [-0.3, -0.25) is 9.78 Å². The molecule has 1 amide bonds. The Bertz CT molecular complexity index is 748. The van der Waals surface area contributed by atoms with Crippen LogP contribution in [0.1, 0.15) is 36.0 Å². The first kappa shape index (κ1) is 17.1. The summed E-state index contributed by atoms with van der Waals surface area (Å²) >= 11 is 3.48. The molecule has 7 heteroatoms. The molecule has 5 nitrogen and oxygen atoms in total. The van der Waals surface area contributed by atoms with Crippen LogP contribution < -0.4 is 10.5 Å². The normalized spacial score (nSPS) is 20.5. The zero-order chi connectivity index (χ0) is 16.9. The minimum atomic E-state index is -0.0449. The van der Waals surface area contributed by atoms with Crippen molar-refractivity contribution in [3.63, 3.8) is 0 Å². The highest BCUT2D eigenvalue weighted by molar-refractivity contribution is 9.10. The molecule has 0 aliphatic heterocycles. The standard InChI is InChI=1S/C17H18BBrN3O2/c19-16-9-20-8-12-2-1-11(7-15(12)16)17(24)21-13-3-5-14(6-4-13)22-18-10-23/h1-2,7-10,13-14,22H,3-6H2,(H,21,24). The Kier molecular flexibility index (Phi) is 5.63. The fraction of sp³-hybridized carbons (Fsp3) is 0.353. The monoisotopic (exact) mass is 386 g/mol. The van der Waals surface area contributed by atoms with Crippen LogP contribution in [0.5, 0.6) is 0 Å². The van der Waals surface area contributed by atoms with Gasteiger partial charge >= 0.3 is 0 Å². The number of amides is 1. The van der Waals surface area contributed by atoms with Crippen molar-refractivity contribution in [2.45, 2.75) is 37.8 Å². The molecule has 1 aliphatic rings. The number of aromatic nitrogens is 1. The van der Waals surface area contributed by atoms with Crippen LogP contribution in [0.15, 0.2) is 35.1 Å². The number of rotatable bonds is 5.